The predicted molar refractivity (Wildman–Crippen MR) is 261 cm³/mol. The Bertz CT molecular complexity index is 2440. The fraction of sp³-hybridized carbons (Fsp3) is 0.182. The zero-order valence-electron chi connectivity index (χ0n) is 35.9. The van der Waals surface area contributed by atoms with E-state index in [0.29, 0.717) is 18.9 Å². The van der Waals surface area contributed by atoms with Crippen LogP contribution in [0.1, 0.15) is 74.9 Å². The Hall–Kier alpha value is -6.65. The van der Waals surface area contributed by atoms with Crippen molar-refractivity contribution in [3.8, 4) is 11.1 Å². The fourth-order valence-corrected chi connectivity index (χ4v) is 7.21. The first kappa shape index (κ1) is 43.5. The minimum absolute atomic E-state index is 0.161. The van der Waals surface area contributed by atoms with Crippen LogP contribution in [-0.2, 0) is 5.41 Å². The molecule has 0 unspecified atom stereocenters. The average molecular weight is 775 g/mol. The smallest absolute Gasteiger partial charge is 0.156 e. The molecule has 59 heavy (non-hydrogen) atoms. The van der Waals surface area contributed by atoms with Crippen molar-refractivity contribution in [3.05, 3.63) is 215 Å². The molecule has 0 bridgehead atoms. The highest BCUT2D eigenvalue weighted by Crippen LogP contribution is 2.37. The Kier molecular flexibility index (Phi) is 15.6. The largest absolute Gasteiger partial charge is 0.337 e. The molecule has 4 aromatic rings. The molecule has 4 nitrogen and oxygen atoms in total. The van der Waals surface area contributed by atoms with E-state index in [2.05, 4.69) is 190 Å². The summed E-state index contributed by atoms with van der Waals surface area (Å²) in [5.74, 6) is 0.611. The zero-order chi connectivity index (χ0) is 42.2. The number of rotatable bonds is 11. The Morgan fingerprint density at radius 1 is 0.847 bits per heavy atom. The summed E-state index contributed by atoms with van der Waals surface area (Å²) in [5.41, 5.74) is 14.3. The van der Waals surface area contributed by atoms with Gasteiger partial charge in [0.15, 0.2) is 5.84 Å². The third-order valence-corrected chi connectivity index (χ3v) is 10.4. The summed E-state index contributed by atoms with van der Waals surface area (Å²) in [7, 11) is 0. The standard InChI is InChI=1S/C55H58N4/c1-10-13-16-26-49(12-3)59-35-21-34-55(7,8)52-27-20-19-23-45(52)30-28-42(5)51-38-48(32-33-53(51)59)47-31-29-41(4)50(37-47)43(6)36-44(22-14-11-2)39-57-54(58-40-56-9)46-24-17-15-18-25-46/h10-34,36-38,40H,5,9,35,39H2,1-4,6-8H3/b13-10-,14-11+,26-16-,30-28+,34-21+,43-36+,44-22+,49-12+,57-54?,58-40?. The van der Waals surface area contributed by atoms with Gasteiger partial charge in [0.1, 0.15) is 6.34 Å². The monoisotopic (exact) mass is 774 g/mol. The van der Waals surface area contributed by atoms with E-state index >= 15 is 0 Å². The SMILES string of the molecule is C=NC=NC(=NCC(=C/C=C/C)/C=C(\C)c1cc(-c2ccc3c(c2)C(=C)/C=C/c2ccccc2C(C)(C)/C=C/CN3C(/C=C\C=C/C)=C/C)ccc1C)c1ccccc1. The Labute approximate surface area is 353 Å². The van der Waals surface area contributed by atoms with Gasteiger partial charge >= 0.3 is 0 Å². The van der Waals surface area contributed by atoms with Crippen LogP contribution < -0.4 is 4.90 Å². The van der Waals surface area contributed by atoms with Crippen molar-refractivity contribution in [2.75, 3.05) is 18.0 Å². The third-order valence-electron chi connectivity index (χ3n) is 10.4. The van der Waals surface area contributed by atoms with Crippen LogP contribution in [0.4, 0.5) is 5.69 Å². The van der Waals surface area contributed by atoms with Gasteiger partial charge in [-0.2, -0.15) is 0 Å². The second kappa shape index (κ2) is 21.2. The van der Waals surface area contributed by atoms with Gasteiger partial charge in [0.25, 0.3) is 0 Å². The van der Waals surface area contributed by atoms with Gasteiger partial charge in [0.2, 0.25) is 0 Å². The molecule has 4 heteroatoms. The lowest BCUT2D eigenvalue weighted by Gasteiger charge is -2.30. The van der Waals surface area contributed by atoms with Crippen LogP contribution in [0.2, 0.25) is 0 Å². The van der Waals surface area contributed by atoms with Gasteiger partial charge in [-0.05, 0) is 116 Å². The number of nitrogens with zero attached hydrogens (tertiary/aromatic N) is 4. The molecule has 1 aliphatic rings. The van der Waals surface area contributed by atoms with Crippen molar-refractivity contribution in [1.82, 2.24) is 0 Å². The van der Waals surface area contributed by atoms with Gasteiger partial charge in [0.05, 0.1) is 6.54 Å². The van der Waals surface area contributed by atoms with E-state index in [1.165, 1.54) is 28.6 Å². The lowest BCUT2D eigenvalue weighted by atomic mass is 9.81. The average Bonchev–Trinajstić information content (AvgIpc) is 3.25. The van der Waals surface area contributed by atoms with E-state index in [0.717, 1.165) is 50.4 Å². The van der Waals surface area contributed by atoms with Crippen LogP contribution in [0, 0.1) is 6.92 Å². The quantitative estimate of drug-likeness (QED) is 0.0647. The molecule has 5 rings (SSSR count). The maximum absolute atomic E-state index is 4.92. The van der Waals surface area contributed by atoms with Crippen LogP contribution in [0.5, 0.6) is 0 Å². The van der Waals surface area contributed by atoms with Gasteiger partial charge < -0.3 is 4.90 Å². The number of amidine groups is 1. The Morgan fingerprint density at radius 3 is 2.32 bits per heavy atom. The topological polar surface area (TPSA) is 40.3 Å². The number of anilines is 1. The minimum Gasteiger partial charge on any atom is -0.337 e. The molecule has 0 radical (unpaired) electrons. The summed E-state index contributed by atoms with van der Waals surface area (Å²) in [4.78, 5) is 15.6. The molecule has 1 aliphatic heterocycles. The van der Waals surface area contributed by atoms with E-state index in [-0.39, 0.29) is 5.41 Å². The second-order valence-electron chi connectivity index (χ2n) is 15.1. The highest BCUT2D eigenvalue weighted by atomic mass is 15.1. The lowest BCUT2D eigenvalue weighted by Crippen LogP contribution is -2.24. The highest BCUT2D eigenvalue weighted by Gasteiger charge is 2.22. The van der Waals surface area contributed by atoms with Crippen molar-refractivity contribution < 1.29 is 0 Å². The number of aryl methyl sites for hydroxylation is 1. The van der Waals surface area contributed by atoms with Crippen LogP contribution in [0.15, 0.2) is 197 Å². The van der Waals surface area contributed by atoms with Crippen molar-refractivity contribution >= 4 is 41.8 Å². The normalized spacial score (nSPS) is 16.7. The summed E-state index contributed by atoms with van der Waals surface area (Å²) in [5, 5.41) is 0. The van der Waals surface area contributed by atoms with E-state index < -0.39 is 0 Å². The highest BCUT2D eigenvalue weighted by molar-refractivity contribution is 6.03. The maximum atomic E-state index is 4.92. The molecule has 0 N–H and O–H groups in total. The molecule has 0 spiro atoms. The first-order valence-electron chi connectivity index (χ1n) is 20.3. The molecule has 0 fully saturated rings. The van der Waals surface area contributed by atoms with Crippen molar-refractivity contribution in [2.24, 2.45) is 15.0 Å². The second-order valence-corrected chi connectivity index (χ2v) is 15.1. The first-order valence-corrected chi connectivity index (χ1v) is 20.3. The molecule has 0 saturated heterocycles. The molecule has 0 aliphatic carbocycles. The van der Waals surface area contributed by atoms with E-state index in [4.69, 9.17) is 4.99 Å². The van der Waals surface area contributed by atoms with Gasteiger partial charge in [-0.1, -0.05) is 166 Å². The van der Waals surface area contributed by atoms with Gasteiger partial charge in [-0.15, -0.1) is 0 Å². The van der Waals surface area contributed by atoms with Crippen LogP contribution >= 0.6 is 0 Å². The van der Waals surface area contributed by atoms with Crippen molar-refractivity contribution in [1.29, 1.82) is 0 Å². The van der Waals surface area contributed by atoms with Crippen molar-refractivity contribution in [3.63, 3.8) is 0 Å². The summed E-state index contributed by atoms with van der Waals surface area (Å²) >= 11 is 0. The van der Waals surface area contributed by atoms with E-state index in [9.17, 15) is 0 Å². The molecule has 0 atom stereocenters. The molecule has 298 valence electrons. The Balaban J connectivity index is 1.60. The summed E-state index contributed by atoms with van der Waals surface area (Å²) in [6, 6.07) is 32.1. The molecule has 4 aromatic carbocycles. The van der Waals surface area contributed by atoms with Crippen molar-refractivity contribution in [2.45, 2.75) is 53.9 Å². The number of fused-ring (bicyclic) bond motifs is 2. The van der Waals surface area contributed by atoms with Gasteiger partial charge in [-0.3, -0.25) is 9.98 Å². The molecule has 0 aromatic heterocycles. The van der Waals surface area contributed by atoms with Crippen LogP contribution in [-0.4, -0.2) is 32.0 Å². The maximum Gasteiger partial charge on any atom is 0.156 e. The Morgan fingerprint density at radius 2 is 1.58 bits per heavy atom. The van der Waals surface area contributed by atoms with Gasteiger partial charge in [0, 0.05) is 34.5 Å². The number of benzene rings is 4. The molecule has 0 saturated carbocycles. The number of hydrogen-bond acceptors (Lipinski definition) is 2. The van der Waals surface area contributed by atoms with Crippen LogP contribution in [0.25, 0.3) is 28.3 Å². The summed E-state index contributed by atoms with van der Waals surface area (Å²) < 4.78 is 0. The lowest BCUT2D eigenvalue weighted by molar-refractivity contribution is 0.666. The molecule has 1 heterocycles. The van der Waals surface area contributed by atoms with E-state index in [1.54, 1.807) is 0 Å². The fourth-order valence-electron chi connectivity index (χ4n) is 7.21. The zero-order valence-corrected chi connectivity index (χ0v) is 35.9. The van der Waals surface area contributed by atoms with Crippen LogP contribution in [0.3, 0.4) is 0 Å². The predicted octanol–water partition coefficient (Wildman–Crippen LogP) is 14.2. The molecular formula is C55H58N4. The number of aliphatic imine (C=N–C) groups is 3. The molecular weight excluding hydrogens is 717 g/mol. The summed E-state index contributed by atoms with van der Waals surface area (Å²) in [6.45, 7) is 24.4. The van der Waals surface area contributed by atoms with E-state index in [1.807, 2.05) is 56.3 Å². The third kappa shape index (κ3) is 11.5. The number of hydrogen-bond donors (Lipinski definition) is 0. The minimum atomic E-state index is -0.161. The van der Waals surface area contributed by atoms with Gasteiger partial charge in [-0.25, -0.2) is 4.99 Å². The summed E-state index contributed by atoms with van der Waals surface area (Å²) in [6.07, 6.45) is 29.5. The molecule has 0 amide bonds. The first-order chi connectivity index (χ1) is 28.6. The number of allylic oxidation sites excluding steroid dienone is 12.